The molecule has 0 spiro atoms. The van der Waals surface area contributed by atoms with Gasteiger partial charge in [0, 0.05) is 16.6 Å². The Kier molecular flexibility index (Phi) is 6.23. The Balaban J connectivity index is 1.60. The maximum atomic E-state index is 13.0. The molecule has 1 aliphatic heterocycles. The van der Waals surface area contributed by atoms with Crippen LogP contribution in [-0.4, -0.2) is 60.5 Å². The number of hydrazone groups is 1. The number of phenols is 1. The van der Waals surface area contributed by atoms with Gasteiger partial charge < -0.3 is 10.8 Å². The van der Waals surface area contributed by atoms with Crippen molar-refractivity contribution in [1.82, 2.24) is 35.6 Å². The molecule has 1 aromatic carbocycles. The Hall–Kier alpha value is -3.32. The number of piperidine rings is 1. The molecule has 31 heavy (non-hydrogen) atoms. The predicted molar refractivity (Wildman–Crippen MR) is 114 cm³/mol. The first-order valence-corrected chi connectivity index (χ1v) is 10.4. The zero-order valence-corrected chi connectivity index (χ0v) is 18.0. The molecule has 0 saturated carbocycles. The zero-order chi connectivity index (χ0) is 21.8. The average molecular weight is 490 g/mol. The fourth-order valence-electron chi connectivity index (χ4n) is 3.30. The van der Waals surface area contributed by atoms with Crippen molar-refractivity contribution in [3.8, 4) is 11.6 Å². The van der Waals surface area contributed by atoms with Crippen LogP contribution in [0.25, 0.3) is 5.82 Å². The molecule has 4 rings (SSSR count). The van der Waals surface area contributed by atoms with Crippen LogP contribution in [0.5, 0.6) is 5.75 Å². The third kappa shape index (κ3) is 4.72. The van der Waals surface area contributed by atoms with E-state index in [0.29, 0.717) is 17.8 Å². The van der Waals surface area contributed by atoms with Gasteiger partial charge in [0.25, 0.3) is 5.91 Å². The molecule has 0 bridgehead atoms. The number of aromatic nitrogens is 5. The summed E-state index contributed by atoms with van der Waals surface area (Å²) in [5.41, 5.74) is 9.25. The van der Waals surface area contributed by atoms with Gasteiger partial charge in [0.2, 0.25) is 11.6 Å². The molecule has 1 aliphatic rings. The van der Waals surface area contributed by atoms with Gasteiger partial charge in [-0.1, -0.05) is 27.6 Å². The normalized spacial score (nSPS) is 14.9. The molecule has 3 heterocycles. The maximum Gasteiger partial charge on any atom is 0.292 e. The van der Waals surface area contributed by atoms with Crippen molar-refractivity contribution in [1.29, 1.82) is 0 Å². The minimum Gasteiger partial charge on any atom is -0.507 e. The second-order valence-corrected chi connectivity index (χ2v) is 7.92. The summed E-state index contributed by atoms with van der Waals surface area (Å²) in [4.78, 5) is 15.2. The van der Waals surface area contributed by atoms with Crippen molar-refractivity contribution in [2.75, 3.05) is 18.8 Å². The number of anilines is 1. The number of halogens is 1. The number of nitrogens with one attached hydrogen (secondary N) is 1. The van der Waals surface area contributed by atoms with Gasteiger partial charge in [0.1, 0.15) is 11.4 Å². The number of nitrogens with two attached hydrogens (primary N) is 1. The summed E-state index contributed by atoms with van der Waals surface area (Å²) < 4.78 is 6.59. The van der Waals surface area contributed by atoms with E-state index in [0.717, 1.165) is 30.4 Å². The zero-order valence-electron chi connectivity index (χ0n) is 16.4. The Morgan fingerprint density at radius 1 is 1.32 bits per heavy atom. The number of rotatable bonds is 6. The quantitative estimate of drug-likeness (QED) is 0.343. The molecule has 4 N–H and O–H groups in total. The van der Waals surface area contributed by atoms with Crippen LogP contribution in [0.1, 0.15) is 41.0 Å². The Bertz CT molecular complexity index is 1100. The second-order valence-electron chi connectivity index (χ2n) is 7.01. The number of benzene rings is 1. The van der Waals surface area contributed by atoms with Crippen LogP contribution in [0.4, 0.5) is 5.82 Å². The lowest BCUT2D eigenvalue weighted by atomic mass is 10.1. The van der Waals surface area contributed by atoms with Crippen molar-refractivity contribution < 1.29 is 14.5 Å². The van der Waals surface area contributed by atoms with Gasteiger partial charge in [-0.2, -0.15) is 9.78 Å². The van der Waals surface area contributed by atoms with E-state index in [1.807, 2.05) is 0 Å². The highest BCUT2D eigenvalue weighted by Crippen LogP contribution is 2.21. The highest BCUT2D eigenvalue weighted by atomic mass is 79.9. The summed E-state index contributed by atoms with van der Waals surface area (Å²) in [6.07, 6.45) is 4.71. The number of carbonyl (C=O) groups is 1. The van der Waals surface area contributed by atoms with Crippen LogP contribution in [-0.2, 0) is 6.54 Å². The third-order valence-electron chi connectivity index (χ3n) is 4.83. The molecular formula is C18H20BrN9O3. The van der Waals surface area contributed by atoms with Crippen LogP contribution in [0.2, 0.25) is 0 Å². The molecule has 1 saturated heterocycles. The molecule has 0 atom stereocenters. The second kappa shape index (κ2) is 9.22. The smallest absolute Gasteiger partial charge is 0.292 e. The molecule has 162 valence electrons. The van der Waals surface area contributed by atoms with Gasteiger partial charge in [0.15, 0.2) is 5.69 Å². The lowest BCUT2D eigenvalue weighted by molar-refractivity contribution is 0.0944. The number of carbonyl (C=O) groups excluding carboxylic acids is 1. The largest absolute Gasteiger partial charge is 0.507 e. The first kappa shape index (κ1) is 20.9. The van der Waals surface area contributed by atoms with E-state index >= 15 is 0 Å². The molecule has 12 nitrogen and oxygen atoms in total. The van der Waals surface area contributed by atoms with E-state index in [-0.39, 0.29) is 23.1 Å². The van der Waals surface area contributed by atoms with Gasteiger partial charge in [-0.05, 0) is 54.4 Å². The van der Waals surface area contributed by atoms with Crippen molar-refractivity contribution in [2.24, 2.45) is 5.10 Å². The SMILES string of the molecule is Nc1nonc1-n1nnc(CN2CCCCC2)c1C(=O)N/N=C/c1cc(Br)ccc1O. The molecule has 2 aromatic heterocycles. The molecule has 1 fully saturated rings. The number of nitrogens with zero attached hydrogens (tertiary/aromatic N) is 7. The number of hydrogen-bond acceptors (Lipinski definition) is 10. The number of likely N-dealkylation sites (tertiary alicyclic amines) is 1. The number of nitrogen functional groups attached to an aromatic ring is 1. The minimum absolute atomic E-state index is 0.0222. The standard InChI is InChI=1S/C18H20BrN9O3/c19-12-4-5-14(29)11(8-12)9-21-23-18(30)15-13(10-27-6-2-1-3-7-27)22-26-28(15)17-16(20)24-31-25-17/h4-5,8-9,29H,1-3,6-7,10H2,(H2,20,24)(H,23,30)/b21-9+. The average Bonchev–Trinajstić information content (AvgIpc) is 3.37. The fraction of sp³-hybridized carbons (Fsp3) is 0.333. The Labute approximate surface area is 185 Å². The van der Waals surface area contributed by atoms with Crippen molar-refractivity contribution in [3.63, 3.8) is 0 Å². The summed E-state index contributed by atoms with van der Waals surface area (Å²) in [6, 6.07) is 4.88. The first-order chi connectivity index (χ1) is 15.0. The van der Waals surface area contributed by atoms with Crippen LogP contribution in [0.3, 0.4) is 0 Å². The van der Waals surface area contributed by atoms with Crippen LogP contribution in [0.15, 0.2) is 32.4 Å². The van der Waals surface area contributed by atoms with Crippen LogP contribution >= 0.6 is 15.9 Å². The van der Waals surface area contributed by atoms with Crippen LogP contribution in [0, 0.1) is 0 Å². The number of aromatic hydroxyl groups is 1. The Morgan fingerprint density at radius 2 is 2.13 bits per heavy atom. The number of phenolic OH excluding ortho intramolecular Hbond substituents is 1. The van der Waals surface area contributed by atoms with E-state index in [1.165, 1.54) is 23.4 Å². The van der Waals surface area contributed by atoms with E-state index in [9.17, 15) is 9.90 Å². The summed E-state index contributed by atoms with van der Waals surface area (Å²) >= 11 is 3.33. The van der Waals surface area contributed by atoms with Gasteiger partial charge in [-0.25, -0.2) is 10.1 Å². The molecular weight excluding hydrogens is 470 g/mol. The van der Waals surface area contributed by atoms with Crippen LogP contribution < -0.4 is 11.2 Å². The van der Waals surface area contributed by atoms with Crippen molar-refractivity contribution in [2.45, 2.75) is 25.8 Å². The number of hydrogen-bond donors (Lipinski definition) is 3. The highest BCUT2D eigenvalue weighted by Gasteiger charge is 2.26. The summed E-state index contributed by atoms with van der Waals surface area (Å²) in [6.45, 7) is 2.29. The maximum absolute atomic E-state index is 13.0. The highest BCUT2D eigenvalue weighted by molar-refractivity contribution is 9.10. The van der Waals surface area contributed by atoms with Gasteiger partial charge in [0.05, 0.1) is 6.21 Å². The first-order valence-electron chi connectivity index (χ1n) is 9.60. The molecule has 0 radical (unpaired) electrons. The van der Waals surface area contributed by atoms with E-state index in [2.05, 4.69) is 56.6 Å². The van der Waals surface area contributed by atoms with E-state index in [4.69, 9.17) is 5.73 Å². The predicted octanol–water partition coefficient (Wildman–Crippen LogP) is 1.45. The topological polar surface area (TPSA) is 161 Å². The van der Waals surface area contributed by atoms with E-state index in [1.54, 1.807) is 12.1 Å². The molecule has 0 aliphatic carbocycles. The monoisotopic (exact) mass is 489 g/mol. The molecule has 0 unspecified atom stereocenters. The molecule has 13 heteroatoms. The summed E-state index contributed by atoms with van der Waals surface area (Å²) in [5, 5.41) is 29.3. The lowest BCUT2D eigenvalue weighted by Crippen LogP contribution is -2.31. The lowest BCUT2D eigenvalue weighted by Gasteiger charge is -2.25. The number of amides is 1. The van der Waals surface area contributed by atoms with Crippen molar-refractivity contribution >= 4 is 33.9 Å². The third-order valence-corrected chi connectivity index (χ3v) is 5.33. The molecule has 3 aromatic rings. The van der Waals surface area contributed by atoms with E-state index < -0.39 is 5.91 Å². The van der Waals surface area contributed by atoms with Gasteiger partial charge in [-0.3, -0.25) is 9.69 Å². The fourth-order valence-corrected chi connectivity index (χ4v) is 3.68. The minimum atomic E-state index is -0.565. The van der Waals surface area contributed by atoms with Gasteiger partial charge >= 0.3 is 0 Å². The van der Waals surface area contributed by atoms with Crippen molar-refractivity contribution in [3.05, 3.63) is 39.6 Å². The van der Waals surface area contributed by atoms with Gasteiger partial charge in [-0.15, -0.1) is 5.10 Å². The summed E-state index contributed by atoms with van der Waals surface area (Å²) in [5.74, 6) is -0.493. The Morgan fingerprint density at radius 3 is 2.87 bits per heavy atom. The molecule has 1 amide bonds. The summed E-state index contributed by atoms with van der Waals surface area (Å²) in [7, 11) is 0.